The zero-order valence-corrected chi connectivity index (χ0v) is 12.8. The maximum atomic E-state index is 4.59. The molecule has 0 bridgehead atoms. The minimum atomic E-state index is 0.688. The van der Waals surface area contributed by atoms with E-state index in [0.717, 1.165) is 37.9 Å². The van der Waals surface area contributed by atoms with Crippen LogP contribution < -0.4 is 5.32 Å². The highest BCUT2D eigenvalue weighted by atomic mass is 15.2. The summed E-state index contributed by atoms with van der Waals surface area (Å²) in [5.74, 6) is 0.688. The molecule has 0 amide bonds. The first kappa shape index (κ1) is 15.2. The van der Waals surface area contributed by atoms with Crippen LogP contribution in [-0.2, 0) is 13.1 Å². The van der Waals surface area contributed by atoms with E-state index in [9.17, 15) is 0 Å². The minimum Gasteiger partial charge on any atom is -0.312 e. The lowest BCUT2D eigenvalue weighted by Gasteiger charge is -2.19. The zero-order valence-electron chi connectivity index (χ0n) is 12.8. The van der Waals surface area contributed by atoms with Crippen molar-refractivity contribution in [2.24, 2.45) is 5.92 Å². The summed E-state index contributed by atoms with van der Waals surface area (Å²) < 4.78 is 0. The fourth-order valence-electron chi connectivity index (χ4n) is 2.31. The van der Waals surface area contributed by atoms with Gasteiger partial charge >= 0.3 is 0 Å². The van der Waals surface area contributed by atoms with Gasteiger partial charge in [0, 0.05) is 31.9 Å². The van der Waals surface area contributed by atoms with Gasteiger partial charge in [0.25, 0.3) is 0 Å². The van der Waals surface area contributed by atoms with Gasteiger partial charge < -0.3 is 5.32 Å². The van der Waals surface area contributed by atoms with Crippen LogP contribution in [-0.4, -0.2) is 29.0 Å². The Kier molecular flexibility index (Phi) is 5.74. The van der Waals surface area contributed by atoms with Crippen LogP contribution >= 0.6 is 0 Å². The molecule has 110 valence electrons. The summed E-state index contributed by atoms with van der Waals surface area (Å²) in [5.41, 5.74) is 2.42. The van der Waals surface area contributed by atoms with Crippen molar-refractivity contribution >= 4 is 0 Å². The highest BCUT2D eigenvalue weighted by molar-refractivity contribution is 5.14. The van der Waals surface area contributed by atoms with Crippen LogP contribution in [0.1, 0.15) is 37.9 Å². The van der Waals surface area contributed by atoms with Crippen molar-refractivity contribution < 1.29 is 0 Å². The zero-order chi connectivity index (χ0) is 14.4. The molecule has 2 rings (SSSR count). The number of hydrogen-bond acceptors (Lipinski definition) is 3. The van der Waals surface area contributed by atoms with Crippen molar-refractivity contribution in [3.63, 3.8) is 0 Å². The van der Waals surface area contributed by atoms with Gasteiger partial charge in [-0.2, -0.15) is 0 Å². The topological polar surface area (TPSA) is 28.2 Å². The standard InChI is InChI=1S/C17H27N3/c1-4-9-20(17-7-8-17)13-16-6-5-15(12-19-16)11-18-10-14(2)3/h4-6,12,14,17-18H,1,7-11,13H2,2-3H3. The van der Waals surface area contributed by atoms with Crippen molar-refractivity contribution in [1.29, 1.82) is 0 Å². The lowest BCUT2D eigenvalue weighted by Crippen LogP contribution is -2.26. The Morgan fingerprint density at radius 3 is 2.80 bits per heavy atom. The van der Waals surface area contributed by atoms with E-state index < -0.39 is 0 Å². The molecule has 0 atom stereocenters. The molecule has 1 aliphatic carbocycles. The molecule has 3 heteroatoms. The molecule has 0 saturated heterocycles. The van der Waals surface area contributed by atoms with E-state index in [2.05, 4.69) is 47.8 Å². The molecule has 1 aliphatic rings. The fraction of sp³-hybridized carbons (Fsp3) is 0.588. The van der Waals surface area contributed by atoms with E-state index >= 15 is 0 Å². The van der Waals surface area contributed by atoms with E-state index in [1.165, 1.54) is 18.4 Å². The molecule has 1 fully saturated rings. The highest BCUT2D eigenvalue weighted by Crippen LogP contribution is 2.27. The maximum absolute atomic E-state index is 4.59. The molecule has 0 radical (unpaired) electrons. The SMILES string of the molecule is C=CCN(Cc1ccc(CNCC(C)C)cn1)C1CC1. The Bertz CT molecular complexity index is 407. The summed E-state index contributed by atoms with van der Waals surface area (Å²) in [6.45, 7) is 12.2. The number of hydrogen-bond donors (Lipinski definition) is 1. The number of aromatic nitrogens is 1. The fourth-order valence-corrected chi connectivity index (χ4v) is 2.31. The molecule has 0 aromatic carbocycles. The molecule has 0 spiro atoms. The number of nitrogens with zero attached hydrogens (tertiary/aromatic N) is 2. The normalized spacial score (nSPS) is 15.0. The van der Waals surface area contributed by atoms with Crippen LogP contribution in [0.5, 0.6) is 0 Å². The van der Waals surface area contributed by atoms with Crippen molar-refractivity contribution in [3.05, 3.63) is 42.2 Å². The number of rotatable bonds is 9. The largest absolute Gasteiger partial charge is 0.312 e. The molecule has 1 saturated carbocycles. The Balaban J connectivity index is 1.82. The third kappa shape index (κ3) is 5.06. The first-order valence-electron chi connectivity index (χ1n) is 7.68. The minimum absolute atomic E-state index is 0.688. The van der Waals surface area contributed by atoms with E-state index in [1.54, 1.807) is 0 Å². The molecule has 1 N–H and O–H groups in total. The number of nitrogens with one attached hydrogen (secondary N) is 1. The Labute approximate surface area is 123 Å². The summed E-state index contributed by atoms with van der Waals surface area (Å²) in [4.78, 5) is 7.06. The third-order valence-electron chi connectivity index (χ3n) is 3.56. The number of pyridine rings is 1. The van der Waals surface area contributed by atoms with Crippen molar-refractivity contribution in [3.8, 4) is 0 Å². The first-order valence-corrected chi connectivity index (χ1v) is 7.68. The molecule has 0 aliphatic heterocycles. The Morgan fingerprint density at radius 1 is 1.45 bits per heavy atom. The molecule has 20 heavy (non-hydrogen) atoms. The summed E-state index contributed by atoms with van der Waals surface area (Å²) in [6.07, 6.45) is 6.64. The van der Waals surface area contributed by atoms with Crippen LogP contribution in [0.25, 0.3) is 0 Å². The lowest BCUT2D eigenvalue weighted by atomic mass is 10.2. The van der Waals surface area contributed by atoms with Gasteiger partial charge in [-0.1, -0.05) is 26.0 Å². The van der Waals surface area contributed by atoms with Crippen LogP contribution in [0.4, 0.5) is 0 Å². The van der Waals surface area contributed by atoms with Gasteiger partial charge in [0.05, 0.1) is 5.69 Å². The van der Waals surface area contributed by atoms with Crippen molar-refractivity contribution in [1.82, 2.24) is 15.2 Å². The summed E-state index contributed by atoms with van der Waals surface area (Å²) >= 11 is 0. The monoisotopic (exact) mass is 273 g/mol. The van der Waals surface area contributed by atoms with Gasteiger partial charge in [-0.3, -0.25) is 9.88 Å². The molecular weight excluding hydrogens is 246 g/mol. The van der Waals surface area contributed by atoms with Gasteiger partial charge in [-0.05, 0) is 36.9 Å². The van der Waals surface area contributed by atoms with Gasteiger partial charge in [0.1, 0.15) is 0 Å². The molecule has 1 heterocycles. The van der Waals surface area contributed by atoms with E-state index in [-0.39, 0.29) is 0 Å². The van der Waals surface area contributed by atoms with E-state index in [0.29, 0.717) is 5.92 Å². The average molecular weight is 273 g/mol. The third-order valence-corrected chi connectivity index (χ3v) is 3.56. The summed E-state index contributed by atoms with van der Waals surface area (Å²) in [5, 5.41) is 3.45. The molecule has 1 aromatic rings. The Morgan fingerprint density at radius 2 is 2.25 bits per heavy atom. The van der Waals surface area contributed by atoms with Crippen LogP contribution in [0.15, 0.2) is 31.0 Å². The quantitative estimate of drug-likeness (QED) is 0.701. The summed E-state index contributed by atoms with van der Waals surface area (Å²) in [6, 6.07) is 5.10. The first-order chi connectivity index (χ1) is 9.69. The van der Waals surface area contributed by atoms with Gasteiger partial charge in [-0.15, -0.1) is 6.58 Å². The Hall–Kier alpha value is -1.19. The average Bonchev–Trinajstić information content (AvgIpc) is 3.24. The predicted octanol–water partition coefficient (Wildman–Crippen LogP) is 2.98. The maximum Gasteiger partial charge on any atom is 0.0544 e. The van der Waals surface area contributed by atoms with Crippen LogP contribution in [0, 0.1) is 5.92 Å². The second kappa shape index (κ2) is 7.55. The second-order valence-corrected chi connectivity index (χ2v) is 6.13. The highest BCUT2D eigenvalue weighted by Gasteiger charge is 2.28. The second-order valence-electron chi connectivity index (χ2n) is 6.13. The smallest absolute Gasteiger partial charge is 0.0544 e. The van der Waals surface area contributed by atoms with Crippen molar-refractivity contribution in [2.45, 2.75) is 45.8 Å². The predicted molar refractivity (Wildman–Crippen MR) is 84.4 cm³/mol. The lowest BCUT2D eigenvalue weighted by molar-refractivity contribution is 0.280. The van der Waals surface area contributed by atoms with Gasteiger partial charge in [0.15, 0.2) is 0 Å². The van der Waals surface area contributed by atoms with Crippen molar-refractivity contribution in [2.75, 3.05) is 13.1 Å². The molecule has 0 unspecified atom stereocenters. The van der Waals surface area contributed by atoms with E-state index in [1.807, 2.05) is 12.3 Å². The molecule has 3 nitrogen and oxygen atoms in total. The molecular formula is C17H27N3. The van der Waals surface area contributed by atoms with E-state index in [4.69, 9.17) is 0 Å². The van der Waals surface area contributed by atoms with Gasteiger partial charge in [-0.25, -0.2) is 0 Å². The van der Waals surface area contributed by atoms with Gasteiger partial charge in [0.2, 0.25) is 0 Å². The molecule has 1 aromatic heterocycles. The summed E-state index contributed by atoms with van der Waals surface area (Å²) in [7, 11) is 0. The van der Waals surface area contributed by atoms with Crippen LogP contribution in [0.2, 0.25) is 0 Å². The van der Waals surface area contributed by atoms with Crippen LogP contribution in [0.3, 0.4) is 0 Å².